The molecule has 1 fully saturated rings. The van der Waals surface area contributed by atoms with E-state index >= 15 is 0 Å². The molecule has 1 saturated heterocycles. The number of rotatable bonds is 8. The van der Waals surface area contributed by atoms with E-state index in [4.69, 9.17) is 4.74 Å². The smallest absolute Gasteiger partial charge is 0.210 e. The van der Waals surface area contributed by atoms with Gasteiger partial charge in [-0.25, -0.2) is 0 Å². The number of thioether (sulfide) groups is 1. The number of aryl methyl sites for hydroxylation is 2. The number of ether oxygens (including phenoxy) is 1. The van der Waals surface area contributed by atoms with E-state index in [-0.39, 0.29) is 11.9 Å². The summed E-state index contributed by atoms with van der Waals surface area (Å²) in [5.41, 5.74) is 5.11. The highest BCUT2D eigenvalue weighted by molar-refractivity contribution is 8.01. The molecule has 0 unspecified atom stereocenters. The number of nitrogens with one attached hydrogen (secondary N) is 1. The third-order valence-corrected chi connectivity index (χ3v) is 7.29. The molecule has 0 radical (unpaired) electrons. The Morgan fingerprint density at radius 2 is 2.07 bits per heavy atom. The minimum absolute atomic E-state index is 0.120. The Balaban J connectivity index is 1.35. The first-order chi connectivity index (χ1) is 14.5. The summed E-state index contributed by atoms with van der Waals surface area (Å²) in [6, 6.07) is 10.1. The maximum absolute atomic E-state index is 12.8. The van der Waals surface area contributed by atoms with Crippen LogP contribution in [0.15, 0.2) is 34.7 Å². The lowest BCUT2D eigenvalue weighted by atomic mass is 10.2. The first-order valence-electron chi connectivity index (χ1n) is 10.1. The van der Waals surface area contributed by atoms with Crippen LogP contribution in [-0.2, 0) is 11.3 Å². The molecule has 1 N–H and O–H groups in total. The SMILES string of the molecule is Cc1ccc(Nc2nnc(SCC(=O)c3cc(C)n(C[C@H]4CCCO4)c3C)s2)cc1. The van der Waals surface area contributed by atoms with E-state index in [9.17, 15) is 4.79 Å². The zero-order valence-corrected chi connectivity index (χ0v) is 19.1. The van der Waals surface area contributed by atoms with E-state index in [1.54, 1.807) is 0 Å². The minimum Gasteiger partial charge on any atom is -0.376 e. The number of hydrogen-bond acceptors (Lipinski definition) is 7. The average Bonchev–Trinajstić information content (AvgIpc) is 3.46. The lowest BCUT2D eigenvalue weighted by molar-refractivity contribution is 0.0957. The van der Waals surface area contributed by atoms with Gasteiger partial charge in [0.1, 0.15) is 0 Å². The van der Waals surface area contributed by atoms with Crippen molar-refractivity contribution in [3.63, 3.8) is 0 Å². The Labute approximate surface area is 185 Å². The number of Topliss-reactive ketones (excluding diaryl/α,β-unsaturated/α-hetero) is 1. The van der Waals surface area contributed by atoms with Crippen LogP contribution in [0.3, 0.4) is 0 Å². The van der Waals surface area contributed by atoms with Gasteiger partial charge in [-0.3, -0.25) is 4.79 Å². The Kier molecular flexibility index (Phi) is 6.55. The Morgan fingerprint density at radius 1 is 1.27 bits per heavy atom. The summed E-state index contributed by atoms with van der Waals surface area (Å²) in [4.78, 5) is 12.8. The summed E-state index contributed by atoms with van der Waals surface area (Å²) in [7, 11) is 0. The fraction of sp³-hybridized carbons (Fsp3) is 0.409. The molecule has 1 aliphatic rings. The summed E-state index contributed by atoms with van der Waals surface area (Å²) < 4.78 is 8.76. The van der Waals surface area contributed by atoms with Crippen LogP contribution >= 0.6 is 23.1 Å². The van der Waals surface area contributed by atoms with Crippen molar-refractivity contribution in [2.75, 3.05) is 17.7 Å². The summed E-state index contributed by atoms with van der Waals surface area (Å²) >= 11 is 2.89. The van der Waals surface area contributed by atoms with Gasteiger partial charge < -0.3 is 14.6 Å². The second kappa shape index (κ2) is 9.32. The number of carbonyl (C=O) groups is 1. The van der Waals surface area contributed by atoms with E-state index in [2.05, 4.69) is 33.9 Å². The molecule has 6 nitrogen and oxygen atoms in total. The first-order valence-corrected chi connectivity index (χ1v) is 11.9. The molecular weight excluding hydrogens is 416 g/mol. The summed E-state index contributed by atoms with van der Waals surface area (Å²) in [5.74, 6) is 0.471. The number of anilines is 2. The lowest BCUT2D eigenvalue weighted by Gasteiger charge is -2.14. The van der Waals surface area contributed by atoms with Crippen LogP contribution in [-0.4, -0.2) is 39.0 Å². The number of benzene rings is 1. The zero-order valence-electron chi connectivity index (χ0n) is 17.5. The largest absolute Gasteiger partial charge is 0.376 e. The van der Waals surface area contributed by atoms with Crippen LogP contribution in [0.4, 0.5) is 10.8 Å². The maximum atomic E-state index is 12.8. The lowest BCUT2D eigenvalue weighted by Crippen LogP contribution is -2.17. The van der Waals surface area contributed by atoms with Crippen molar-refractivity contribution in [1.29, 1.82) is 0 Å². The molecule has 30 heavy (non-hydrogen) atoms. The molecule has 0 bridgehead atoms. The van der Waals surface area contributed by atoms with Gasteiger partial charge in [-0.05, 0) is 51.8 Å². The number of nitrogens with zero attached hydrogens (tertiary/aromatic N) is 3. The van der Waals surface area contributed by atoms with Crippen molar-refractivity contribution in [3.05, 3.63) is 52.8 Å². The highest BCUT2D eigenvalue weighted by Crippen LogP contribution is 2.29. The monoisotopic (exact) mass is 442 g/mol. The van der Waals surface area contributed by atoms with Crippen molar-refractivity contribution >= 4 is 39.7 Å². The minimum atomic E-state index is 0.120. The van der Waals surface area contributed by atoms with Gasteiger partial charge in [0.25, 0.3) is 0 Å². The summed E-state index contributed by atoms with van der Waals surface area (Å²) in [6.45, 7) is 7.80. The van der Waals surface area contributed by atoms with Crippen molar-refractivity contribution < 1.29 is 9.53 Å². The van der Waals surface area contributed by atoms with Gasteiger partial charge in [-0.2, -0.15) is 0 Å². The molecule has 0 aliphatic carbocycles. The Morgan fingerprint density at radius 3 is 2.80 bits per heavy atom. The molecule has 0 amide bonds. The average molecular weight is 443 g/mol. The highest BCUT2D eigenvalue weighted by Gasteiger charge is 2.21. The Hall–Kier alpha value is -2.16. The van der Waals surface area contributed by atoms with E-state index in [1.165, 1.54) is 28.7 Å². The second-order valence-electron chi connectivity index (χ2n) is 7.61. The topological polar surface area (TPSA) is 69.0 Å². The van der Waals surface area contributed by atoms with E-state index < -0.39 is 0 Å². The molecule has 1 atom stereocenters. The molecule has 3 heterocycles. The quantitative estimate of drug-likeness (QED) is 0.384. The molecule has 2 aromatic heterocycles. The third kappa shape index (κ3) is 4.94. The van der Waals surface area contributed by atoms with Gasteiger partial charge in [0.2, 0.25) is 5.13 Å². The van der Waals surface area contributed by atoms with Gasteiger partial charge in [0.05, 0.1) is 11.9 Å². The van der Waals surface area contributed by atoms with Crippen LogP contribution in [0.25, 0.3) is 0 Å². The number of aromatic nitrogens is 3. The van der Waals surface area contributed by atoms with Gasteiger partial charge in [-0.1, -0.05) is 40.8 Å². The molecule has 158 valence electrons. The standard InChI is InChI=1S/C22H26N4O2S2/c1-14-6-8-17(9-7-14)23-21-24-25-22(30-21)29-13-20(27)19-11-15(2)26(16(19)3)12-18-5-4-10-28-18/h6-9,11,18H,4-5,10,12-13H2,1-3H3,(H,23,24)/t18-/m1/s1. The Bertz CT molecular complexity index is 1020. The van der Waals surface area contributed by atoms with E-state index in [0.29, 0.717) is 5.75 Å². The van der Waals surface area contributed by atoms with Gasteiger partial charge in [-0.15, -0.1) is 10.2 Å². The van der Waals surface area contributed by atoms with Gasteiger partial charge in [0.15, 0.2) is 10.1 Å². The predicted molar refractivity (Wildman–Crippen MR) is 122 cm³/mol. The van der Waals surface area contributed by atoms with Crippen LogP contribution in [0, 0.1) is 20.8 Å². The molecule has 4 rings (SSSR count). The van der Waals surface area contributed by atoms with Crippen LogP contribution in [0.2, 0.25) is 0 Å². The first kappa shape index (κ1) is 21.1. The van der Waals surface area contributed by atoms with Gasteiger partial charge >= 0.3 is 0 Å². The molecule has 8 heteroatoms. The summed E-state index contributed by atoms with van der Waals surface area (Å²) in [6.07, 6.45) is 2.47. The molecular formula is C22H26N4O2S2. The normalized spacial score (nSPS) is 16.2. The predicted octanol–water partition coefficient (Wildman–Crippen LogP) is 5.16. The third-order valence-electron chi connectivity index (χ3n) is 5.32. The maximum Gasteiger partial charge on any atom is 0.210 e. The van der Waals surface area contributed by atoms with E-state index in [0.717, 1.165) is 58.1 Å². The fourth-order valence-electron chi connectivity index (χ4n) is 3.64. The molecule has 3 aromatic rings. The molecule has 0 saturated carbocycles. The number of hydrogen-bond donors (Lipinski definition) is 1. The number of carbonyl (C=O) groups excluding carboxylic acids is 1. The van der Waals surface area contributed by atoms with Crippen molar-refractivity contribution in [2.45, 2.75) is 50.6 Å². The summed E-state index contributed by atoms with van der Waals surface area (Å²) in [5, 5.41) is 12.4. The number of ketones is 1. The van der Waals surface area contributed by atoms with Crippen molar-refractivity contribution in [2.24, 2.45) is 0 Å². The van der Waals surface area contributed by atoms with Crippen LogP contribution in [0.5, 0.6) is 0 Å². The molecule has 1 aromatic carbocycles. The van der Waals surface area contributed by atoms with Crippen molar-refractivity contribution in [3.8, 4) is 0 Å². The van der Waals surface area contributed by atoms with Gasteiger partial charge in [0, 0.05) is 35.8 Å². The highest BCUT2D eigenvalue weighted by atomic mass is 32.2. The van der Waals surface area contributed by atoms with Crippen molar-refractivity contribution in [1.82, 2.24) is 14.8 Å². The van der Waals surface area contributed by atoms with Crippen LogP contribution < -0.4 is 5.32 Å². The molecule has 1 aliphatic heterocycles. The molecule has 0 spiro atoms. The van der Waals surface area contributed by atoms with E-state index in [1.807, 2.05) is 37.3 Å². The fourth-order valence-corrected chi connectivity index (χ4v) is 5.30. The second-order valence-corrected chi connectivity index (χ2v) is 9.81. The zero-order chi connectivity index (χ0) is 21.1. The van der Waals surface area contributed by atoms with Crippen LogP contribution in [0.1, 0.15) is 40.2 Å².